The molecule has 184 valence electrons. The van der Waals surface area contributed by atoms with Crippen LogP contribution < -0.4 is 14.9 Å². The minimum Gasteiger partial charge on any atom is -0.490 e. The monoisotopic (exact) mass is 538 g/mol. The van der Waals surface area contributed by atoms with Gasteiger partial charge in [0.25, 0.3) is 11.8 Å². The molecule has 0 spiro atoms. The lowest BCUT2D eigenvalue weighted by atomic mass is 10.1. The van der Waals surface area contributed by atoms with Crippen LogP contribution in [0.2, 0.25) is 5.02 Å². The van der Waals surface area contributed by atoms with Crippen molar-refractivity contribution in [3.05, 3.63) is 98.9 Å². The largest absolute Gasteiger partial charge is 0.490 e. The molecule has 1 aliphatic heterocycles. The Morgan fingerprint density at radius 2 is 1.83 bits per heavy atom. The lowest BCUT2D eigenvalue weighted by molar-refractivity contribution is -0.123. The zero-order chi connectivity index (χ0) is 25.7. The first-order valence-electron chi connectivity index (χ1n) is 11.1. The number of nitrogens with one attached hydrogen (secondary N) is 1. The van der Waals surface area contributed by atoms with Gasteiger partial charge in [0.05, 0.1) is 11.5 Å². The van der Waals surface area contributed by atoms with Gasteiger partial charge in [0.1, 0.15) is 6.61 Å². The predicted molar refractivity (Wildman–Crippen MR) is 147 cm³/mol. The lowest BCUT2D eigenvalue weighted by Gasteiger charge is -2.16. The smallest absolute Gasteiger partial charge is 0.285 e. The second kappa shape index (κ2) is 11.6. The molecule has 3 aromatic carbocycles. The Bertz CT molecular complexity index is 1360. The molecule has 3 aromatic rings. The fraction of sp³-hybridized carbons (Fsp3) is 0.148. The van der Waals surface area contributed by atoms with E-state index in [4.69, 9.17) is 33.3 Å². The number of ether oxygens (including phenoxy) is 2. The maximum absolute atomic E-state index is 13.0. The fourth-order valence-corrected chi connectivity index (χ4v) is 4.85. The van der Waals surface area contributed by atoms with E-state index in [-0.39, 0.29) is 4.32 Å². The molecule has 0 unspecified atom stereocenters. The van der Waals surface area contributed by atoms with Gasteiger partial charge in [-0.25, -0.2) is 0 Å². The van der Waals surface area contributed by atoms with Crippen LogP contribution in [0.3, 0.4) is 0 Å². The molecule has 0 saturated carbocycles. The summed E-state index contributed by atoms with van der Waals surface area (Å²) in [6.45, 7) is 4.45. The molecule has 1 saturated heterocycles. The van der Waals surface area contributed by atoms with Crippen LogP contribution >= 0.6 is 35.6 Å². The zero-order valence-corrected chi connectivity index (χ0v) is 22.0. The molecule has 4 rings (SSSR count). The van der Waals surface area contributed by atoms with Crippen molar-refractivity contribution in [3.63, 3.8) is 0 Å². The summed E-state index contributed by atoms with van der Waals surface area (Å²) in [4.78, 5) is 26.1. The number of rotatable bonds is 8. The zero-order valence-electron chi connectivity index (χ0n) is 19.6. The van der Waals surface area contributed by atoms with E-state index >= 15 is 0 Å². The molecule has 36 heavy (non-hydrogen) atoms. The van der Waals surface area contributed by atoms with Gasteiger partial charge in [0, 0.05) is 16.1 Å². The first-order chi connectivity index (χ1) is 17.4. The summed E-state index contributed by atoms with van der Waals surface area (Å²) < 4.78 is 12.0. The van der Waals surface area contributed by atoms with Gasteiger partial charge >= 0.3 is 0 Å². The predicted octanol–water partition coefficient (Wildman–Crippen LogP) is 6.17. The number of carbonyl (C=O) groups excluding carboxylic acids is 2. The molecule has 1 aliphatic rings. The average molecular weight is 539 g/mol. The minimum absolute atomic E-state index is 0.248. The molecule has 0 atom stereocenters. The molecule has 0 radical (unpaired) electrons. The van der Waals surface area contributed by atoms with Crippen LogP contribution in [0.25, 0.3) is 6.08 Å². The van der Waals surface area contributed by atoms with E-state index in [1.807, 2.05) is 56.3 Å². The summed E-state index contributed by atoms with van der Waals surface area (Å²) in [6, 6.07) is 20.0. The Morgan fingerprint density at radius 3 is 2.58 bits per heavy atom. The lowest BCUT2D eigenvalue weighted by Crippen LogP contribution is -2.45. The normalized spacial score (nSPS) is 14.3. The number of aryl methyl sites for hydroxylation is 1. The first-order valence-corrected chi connectivity index (χ1v) is 12.7. The number of thioether (sulfide) groups is 1. The molecule has 0 bridgehead atoms. The Morgan fingerprint density at radius 1 is 1.08 bits per heavy atom. The van der Waals surface area contributed by atoms with Gasteiger partial charge in [-0.3, -0.25) is 15.0 Å². The summed E-state index contributed by atoms with van der Waals surface area (Å²) in [6.07, 6.45) is 1.71. The summed E-state index contributed by atoms with van der Waals surface area (Å²) in [5.41, 5.74) is 5.49. The quantitative estimate of drug-likeness (QED) is 0.273. The number of amides is 2. The van der Waals surface area contributed by atoms with E-state index < -0.39 is 11.8 Å². The molecule has 1 fully saturated rings. The SMILES string of the molecule is CCOc1cc(/C=C2\SC(=S)N(NC(=O)c3ccccc3C)C2=O)ccc1OCc1ccccc1Cl. The second-order valence-corrected chi connectivity index (χ2v) is 9.88. The summed E-state index contributed by atoms with van der Waals surface area (Å²) >= 11 is 12.7. The maximum Gasteiger partial charge on any atom is 0.285 e. The van der Waals surface area contributed by atoms with Gasteiger partial charge in [0.2, 0.25) is 0 Å². The first kappa shape index (κ1) is 25.8. The molecule has 0 aromatic heterocycles. The third kappa shape index (κ3) is 5.90. The molecular formula is C27H23ClN2O4S2. The van der Waals surface area contributed by atoms with Gasteiger partial charge in [-0.05, 0) is 67.5 Å². The topological polar surface area (TPSA) is 67.9 Å². The van der Waals surface area contributed by atoms with Gasteiger partial charge < -0.3 is 9.47 Å². The second-order valence-electron chi connectivity index (χ2n) is 7.79. The molecule has 2 amide bonds. The van der Waals surface area contributed by atoms with Crippen molar-refractivity contribution in [2.75, 3.05) is 6.61 Å². The maximum atomic E-state index is 13.0. The van der Waals surface area contributed by atoms with Crippen molar-refractivity contribution >= 4 is 57.8 Å². The molecule has 1 N–H and O–H groups in total. The number of carbonyl (C=O) groups is 2. The van der Waals surface area contributed by atoms with Crippen molar-refractivity contribution in [1.29, 1.82) is 0 Å². The van der Waals surface area contributed by atoms with E-state index in [1.165, 1.54) is 0 Å². The highest BCUT2D eigenvalue weighted by atomic mass is 35.5. The van der Waals surface area contributed by atoms with Gasteiger partial charge in [-0.1, -0.05) is 65.8 Å². The number of hydrazine groups is 1. The summed E-state index contributed by atoms with van der Waals surface area (Å²) in [5.74, 6) is 0.307. The van der Waals surface area contributed by atoms with Crippen LogP contribution in [-0.2, 0) is 11.4 Å². The number of hydrogen-bond acceptors (Lipinski definition) is 6. The van der Waals surface area contributed by atoms with Crippen LogP contribution in [0.15, 0.2) is 71.6 Å². The Labute approximate surface area is 224 Å². The number of halogens is 1. The average Bonchev–Trinajstić information content (AvgIpc) is 3.12. The van der Waals surface area contributed by atoms with Gasteiger partial charge in [-0.2, -0.15) is 5.01 Å². The Hall–Kier alpha value is -3.33. The Kier molecular flexibility index (Phi) is 8.30. The highest BCUT2D eigenvalue weighted by Crippen LogP contribution is 2.35. The number of thiocarbonyl (C=S) groups is 1. The third-order valence-electron chi connectivity index (χ3n) is 5.30. The van der Waals surface area contributed by atoms with E-state index in [2.05, 4.69) is 5.43 Å². The van der Waals surface area contributed by atoms with Crippen LogP contribution in [0.4, 0.5) is 0 Å². The van der Waals surface area contributed by atoms with Gasteiger partial charge in [0.15, 0.2) is 15.8 Å². The standard InChI is InChI=1S/C27H23ClN2O4S2/c1-3-33-23-14-18(12-13-22(23)34-16-19-9-5-7-11-21(19)28)15-24-26(32)30(27(35)36-24)29-25(31)20-10-6-4-8-17(20)2/h4-15H,3,16H2,1-2H3,(H,29,31)/b24-15-. The minimum atomic E-state index is -0.399. The third-order valence-corrected chi connectivity index (χ3v) is 6.97. The van der Waals surface area contributed by atoms with Crippen molar-refractivity contribution in [2.45, 2.75) is 20.5 Å². The van der Waals surface area contributed by atoms with Gasteiger partial charge in [-0.15, -0.1) is 0 Å². The summed E-state index contributed by atoms with van der Waals surface area (Å²) in [5, 5.41) is 1.73. The highest BCUT2D eigenvalue weighted by molar-refractivity contribution is 8.26. The van der Waals surface area contributed by atoms with E-state index in [0.717, 1.165) is 33.5 Å². The van der Waals surface area contributed by atoms with Crippen LogP contribution in [-0.4, -0.2) is 27.8 Å². The molecule has 1 heterocycles. The van der Waals surface area contributed by atoms with E-state index in [9.17, 15) is 9.59 Å². The number of benzene rings is 3. The molecule has 9 heteroatoms. The number of nitrogens with zero attached hydrogens (tertiary/aromatic N) is 1. The van der Waals surface area contributed by atoms with Crippen molar-refractivity contribution in [3.8, 4) is 11.5 Å². The fourth-order valence-electron chi connectivity index (χ4n) is 3.48. The van der Waals surface area contributed by atoms with Crippen LogP contribution in [0, 0.1) is 6.92 Å². The van der Waals surface area contributed by atoms with Crippen molar-refractivity contribution in [1.82, 2.24) is 10.4 Å². The highest BCUT2D eigenvalue weighted by Gasteiger charge is 2.34. The van der Waals surface area contributed by atoms with Crippen LogP contribution in [0.5, 0.6) is 11.5 Å². The number of hydrogen-bond donors (Lipinski definition) is 1. The molecule has 6 nitrogen and oxygen atoms in total. The van der Waals surface area contributed by atoms with Crippen molar-refractivity contribution in [2.24, 2.45) is 0 Å². The van der Waals surface area contributed by atoms with E-state index in [0.29, 0.717) is 40.2 Å². The Balaban J connectivity index is 1.50. The van der Waals surface area contributed by atoms with E-state index in [1.54, 1.807) is 30.3 Å². The van der Waals surface area contributed by atoms with Crippen molar-refractivity contribution < 1.29 is 19.1 Å². The summed E-state index contributed by atoms with van der Waals surface area (Å²) in [7, 11) is 0. The van der Waals surface area contributed by atoms with Crippen LogP contribution in [0.1, 0.15) is 34.0 Å². The molecule has 0 aliphatic carbocycles. The molecular weight excluding hydrogens is 516 g/mol.